The summed E-state index contributed by atoms with van der Waals surface area (Å²) in [6.07, 6.45) is 4.83. The fraction of sp³-hybridized carbons (Fsp3) is 0.417. The molecule has 7 heteroatoms. The van der Waals surface area contributed by atoms with E-state index in [0.29, 0.717) is 4.88 Å². The smallest absolute Gasteiger partial charge is 0.200 e. The van der Waals surface area contributed by atoms with Crippen molar-refractivity contribution in [3.05, 3.63) is 56.2 Å². The van der Waals surface area contributed by atoms with E-state index in [-0.39, 0.29) is 39.5 Å². The van der Waals surface area contributed by atoms with Gasteiger partial charge in [-0.15, -0.1) is 11.3 Å². The van der Waals surface area contributed by atoms with Gasteiger partial charge in [0.25, 0.3) is 0 Å². The van der Waals surface area contributed by atoms with Gasteiger partial charge in [0, 0.05) is 28.0 Å². The molecule has 2 heterocycles. The van der Waals surface area contributed by atoms with E-state index in [1.807, 2.05) is 6.07 Å². The normalized spacial score (nSPS) is 20.1. The monoisotopic (exact) mass is 442 g/mol. The zero-order valence-electron chi connectivity index (χ0n) is 17.7. The predicted molar refractivity (Wildman–Crippen MR) is 119 cm³/mol. The minimum atomic E-state index is -0.795. The number of hydrogen-bond acceptors (Lipinski definition) is 4. The van der Waals surface area contributed by atoms with Crippen LogP contribution < -0.4 is 11.2 Å². The molecule has 0 aliphatic heterocycles. The molecule has 0 radical (unpaired) electrons. The van der Waals surface area contributed by atoms with Crippen molar-refractivity contribution in [3.8, 4) is 10.4 Å². The second-order valence-corrected chi connectivity index (χ2v) is 10.6. The largest absolute Gasteiger partial charge is 0.341 e. The summed E-state index contributed by atoms with van der Waals surface area (Å²) in [5.41, 5.74) is 6.71. The molecule has 1 saturated carbocycles. The third-order valence-corrected chi connectivity index (χ3v) is 8.06. The fourth-order valence-corrected chi connectivity index (χ4v) is 6.02. The predicted octanol–water partition coefficient (Wildman–Crippen LogP) is 5.52. The Morgan fingerprint density at radius 3 is 2.61 bits per heavy atom. The van der Waals surface area contributed by atoms with Gasteiger partial charge < -0.3 is 10.3 Å². The average Bonchev–Trinajstić information content (AvgIpc) is 3.45. The van der Waals surface area contributed by atoms with E-state index in [9.17, 15) is 9.59 Å². The Morgan fingerprint density at radius 1 is 1.26 bits per heavy atom. The number of nitrogens with zero attached hydrogens (tertiary/aromatic N) is 1. The standard InChI is InChI=1S/C24H24F2N2O2S/c1-11(29)15-10-28(13-4-5-13)20-14(21(15)30)9-16(25)18(19(20)26)17-8-12-6-7-24(2,3)23(27)22(12)31-17/h8-10,13,23H,4-7,27H2,1-3H3. The second-order valence-electron chi connectivity index (χ2n) is 9.48. The SMILES string of the molecule is CC(=O)c1cn(C2CC2)c2c(F)c(-c3cc4c(s3)C(N)C(C)(C)CC4)c(F)cc2c1=O. The van der Waals surface area contributed by atoms with Crippen molar-refractivity contribution in [1.29, 1.82) is 0 Å². The number of nitrogens with two attached hydrogens (primary N) is 1. The maximum Gasteiger partial charge on any atom is 0.200 e. The summed E-state index contributed by atoms with van der Waals surface area (Å²) >= 11 is 1.33. The maximum absolute atomic E-state index is 15.9. The zero-order chi connectivity index (χ0) is 22.2. The van der Waals surface area contributed by atoms with Gasteiger partial charge in [-0.25, -0.2) is 8.78 Å². The van der Waals surface area contributed by atoms with Crippen molar-refractivity contribution in [1.82, 2.24) is 4.57 Å². The lowest BCUT2D eigenvalue weighted by molar-refractivity contribution is 0.101. The number of hydrogen-bond donors (Lipinski definition) is 1. The van der Waals surface area contributed by atoms with Gasteiger partial charge in [0.15, 0.2) is 17.0 Å². The highest BCUT2D eigenvalue weighted by Gasteiger charge is 2.36. The molecule has 3 aromatic rings. The molecular formula is C24H24F2N2O2S. The molecule has 5 rings (SSSR count). The first-order valence-electron chi connectivity index (χ1n) is 10.6. The number of pyridine rings is 1. The van der Waals surface area contributed by atoms with Crippen molar-refractivity contribution in [2.24, 2.45) is 11.1 Å². The van der Waals surface area contributed by atoms with Gasteiger partial charge in [0.1, 0.15) is 5.82 Å². The highest BCUT2D eigenvalue weighted by Crippen LogP contribution is 2.48. The first-order chi connectivity index (χ1) is 14.6. The van der Waals surface area contributed by atoms with Crippen LogP contribution in [0.1, 0.15) is 72.9 Å². The number of fused-ring (bicyclic) bond motifs is 2. The number of ketones is 1. The van der Waals surface area contributed by atoms with Crippen LogP contribution >= 0.6 is 11.3 Å². The number of aromatic nitrogens is 1. The lowest BCUT2D eigenvalue weighted by Gasteiger charge is -2.35. The van der Waals surface area contributed by atoms with E-state index in [0.717, 1.165) is 42.2 Å². The molecule has 0 spiro atoms. The molecule has 0 amide bonds. The molecule has 2 aromatic heterocycles. The van der Waals surface area contributed by atoms with Crippen molar-refractivity contribution < 1.29 is 13.6 Å². The summed E-state index contributed by atoms with van der Waals surface area (Å²) in [5.74, 6) is -1.95. The molecule has 1 fully saturated rings. The molecule has 162 valence electrons. The van der Waals surface area contributed by atoms with E-state index in [1.165, 1.54) is 24.5 Å². The van der Waals surface area contributed by atoms with Crippen LogP contribution in [0, 0.1) is 17.0 Å². The Labute approximate surface area is 182 Å². The van der Waals surface area contributed by atoms with E-state index < -0.39 is 22.8 Å². The van der Waals surface area contributed by atoms with Crippen molar-refractivity contribution in [2.75, 3.05) is 0 Å². The third-order valence-electron chi connectivity index (χ3n) is 6.78. The van der Waals surface area contributed by atoms with Crippen LogP contribution in [0.4, 0.5) is 8.78 Å². The molecule has 2 aliphatic carbocycles. The van der Waals surface area contributed by atoms with E-state index >= 15 is 8.78 Å². The third kappa shape index (κ3) is 3.09. The summed E-state index contributed by atoms with van der Waals surface area (Å²) in [4.78, 5) is 26.2. The number of benzene rings is 1. The van der Waals surface area contributed by atoms with Gasteiger partial charge in [-0.2, -0.15) is 0 Å². The zero-order valence-corrected chi connectivity index (χ0v) is 18.5. The van der Waals surface area contributed by atoms with Gasteiger partial charge in [-0.05, 0) is 55.7 Å². The Balaban J connectivity index is 1.77. The molecule has 2 N–H and O–H groups in total. The van der Waals surface area contributed by atoms with Crippen molar-refractivity contribution in [3.63, 3.8) is 0 Å². The Bertz CT molecular complexity index is 1320. The van der Waals surface area contributed by atoms with Crippen LogP contribution in [0.25, 0.3) is 21.3 Å². The lowest BCUT2D eigenvalue weighted by Crippen LogP contribution is -2.32. The van der Waals surface area contributed by atoms with Crippen LogP contribution in [0.3, 0.4) is 0 Å². The minimum absolute atomic E-state index is 0.0137. The highest BCUT2D eigenvalue weighted by molar-refractivity contribution is 7.15. The summed E-state index contributed by atoms with van der Waals surface area (Å²) in [6, 6.07) is 2.75. The summed E-state index contributed by atoms with van der Waals surface area (Å²) in [5, 5.41) is -0.0856. The van der Waals surface area contributed by atoms with Gasteiger partial charge in [-0.3, -0.25) is 9.59 Å². The number of halogens is 2. The first kappa shape index (κ1) is 20.5. The topological polar surface area (TPSA) is 65.1 Å². The van der Waals surface area contributed by atoms with E-state index in [2.05, 4.69) is 13.8 Å². The van der Waals surface area contributed by atoms with Crippen LogP contribution in [0.15, 0.2) is 23.1 Å². The molecule has 0 bridgehead atoms. The number of rotatable bonds is 3. The lowest BCUT2D eigenvalue weighted by atomic mass is 9.74. The van der Waals surface area contributed by atoms with Crippen molar-refractivity contribution in [2.45, 2.75) is 58.5 Å². The molecular weight excluding hydrogens is 418 g/mol. The highest BCUT2D eigenvalue weighted by atomic mass is 32.1. The number of carbonyl (C=O) groups excluding carboxylic acids is 1. The van der Waals surface area contributed by atoms with Crippen LogP contribution in [0.5, 0.6) is 0 Å². The number of aryl methyl sites for hydroxylation is 1. The molecule has 1 unspecified atom stereocenters. The quantitative estimate of drug-likeness (QED) is 0.544. The summed E-state index contributed by atoms with van der Waals surface area (Å²) < 4.78 is 32.8. The number of thiophene rings is 1. The fourth-order valence-electron chi connectivity index (χ4n) is 4.55. The maximum atomic E-state index is 15.9. The molecule has 1 atom stereocenters. The first-order valence-corrected chi connectivity index (χ1v) is 11.4. The molecule has 2 aliphatic rings. The van der Waals surface area contributed by atoms with E-state index in [4.69, 9.17) is 5.73 Å². The van der Waals surface area contributed by atoms with Crippen LogP contribution in [0.2, 0.25) is 0 Å². The van der Waals surface area contributed by atoms with Crippen LogP contribution in [-0.4, -0.2) is 10.4 Å². The van der Waals surface area contributed by atoms with Crippen LogP contribution in [-0.2, 0) is 6.42 Å². The van der Waals surface area contributed by atoms with E-state index in [1.54, 1.807) is 4.57 Å². The molecule has 1 aromatic carbocycles. The summed E-state index contributed by atoms with van der Waals surface area (Å²) in [6.45, 7) is 5.51. The average molecular weight is 443 g/mol. The number of carbonyl (C=O) groups is 1. The Morgan fingerprint density at radius 2 is 1.97 bits per heavy atom. The van der Waals surface area contributed by atoms with Gasteiger partial charge in [-0.1, -0.05) is 13.8 Å². The second kappa shape index (κ2) is 6.81. The molecule has 4 nitrogen and oxygen atoms in total. The Kier molecular flexibility index (Phi) is 4.51. The number of Topliss-reactive ketones (excluding diaryl/α,β-unsaturated/α-hetero) is 1. The van der Waals surface area contributed by atoms with Gasteiger partial charge >= 0.3 is 0 Å². The van der Waals surface area contributed by atoms with Crippen molar-refractivity contribution >= 4 is 28.0 Å². The van der Waals surface area contributed by atoms with Gasteiger partial charge in [0.2, 0.25) is 0 Å². The Hall–Kier alpha value is -2.38. The summed E-state index contributed by atoms with van der Waals surface area (Å²) in [7, 11) is 0. The van der Waals surface area contributed by atoms with Gasteiger partial charge in [0.05, 0.1) is 22.0 Å². The molecule has 0 saturated heterocycles. The molecule has 31 heavy (non-hydrogen) atoms. The minimum Gasteiger partial charge on any atom is -0.341 e.